The second-order valence-electron chi connectivity index (χ2n) is 3.48. The number of carbonyl (C=O) groups is 1. The van der Waals surface area contributed by atoms with Crippen LogP contribution in [0.4, 0.5) is 5.69 Å². The highest BCUT2D eigenvalue weighted by Gasteiger charge is 2.11. The number of aromatic nitrogens is 1. The lowest BCUT2D eigenvalue weighted by Gasteiger charge is -1.98. The maximum absolute atomic E-state index is 11.2. The molecule has 19 heavy (non-hydrogen) atoms. The van der Waals surface area contributed by atoms with E-state index < -0.39 is 4.92 Å². The van der Waals surface area contributed by atoms with Gasteiger partial charge in [0.1, 0.15) is 0 Å². The Balaban J connectivity index is 2.13. The molecule has 0 aliphatic rings. The summed E-state index contributed by atoms with van der Waals surface area (Å²) in [6.07, 6.45) is 0. The summed E-state index contributed by atoms with van der Waals surface area (Å²) < 4.78 is 6.25. The Labute approximate surface area is 116 Å². The van der Waals surface area contributed by atoms with Crippen molar-refractivity contribution in [1.29, 1.82) is 0 Å². The predicted molar refractivity (Wildman–Crippen MR) is 73.6 cm³/mol. The average molecular weight is 298 g/mol. The molecule has 0 saturated heterocycles. The monoisotopic (exact) mass is 298 g/mol. The zero-order valence-corrected chi connectivity index (χ0v) is 11.6. The van der Waals surface area contributed by atoms with E-state index in [-0.39, 0.29) is 17.4 Å². The van der Waals surface area contributed by atoms with Crippen molar-refractivity contribution in [3.63, 3.8) is 0 Å². The van der Waals surface area contributed by atoms with Gasteiger partial charge in [-0.2, -0.15) is 0 Å². The zero-order valence-electron chi connectivity index (χ0n) is 9.99. The molecule has 0 aliphatic carbocycles. The minimum absolute atomic E-state index is 0.0399. The van der Waals surface area contributed by atoms with E-state index in [2.05, 4.69) is 4.98 Å². The van der Waals surface area contributed by atoms with Crippen molar-refractivity contribution in [2.75, 3.05) is 12.4 Å². The Kier molecular flexibility index (Phi) is 4.33. The first kappa shape index (κ1) is 13.8. The van der Waals surface area contributed by atoms with Gasteiger partial charge in [-0.1, -0.05) is 11.8 Å². The van der Waals surface area contributed by atoms with Gasteiger partial charge in [-0.05, 0) is 13.0 Å². The Morgan fingerprint density at radius 3 is 3.05 bits per heavy atom. The number of carbonyl (C=O) groups excluding carboxylic acids is 1. The molecule has 0 spiro atoms. The quantitative estimate of drug-likeness (QED) is 0.365. The smallest absolute Gasteiger partial charge is 0.316 e. The average Bonchev–Trinajstić information content (AvgIpc) is 2.78. The third-order valence-corrected chi connectivity index (χ3v) is 4.32. The second-order valence-corrected chi connectivity index (χ2v) is 5.74. The molecule has 6 nitrogen and oxygen atoms in total. The Bertz CT molecular complexity index is 626. The predicted octanol–water partition coefficient (Wildman–Crippen LogP) is 2.86. The van der Waals surface area contributed by atoms with Crippen molar-refractivity contribution in [3.05, 3.63) is 28.3 Å². The standard InChI is InChI=1S/C11H10N2O4S2/c1-2-17-10(14)6-18-11-12-8-4-3-7(13(15)16)5-9(8)19-11/h3-5H,2,6H2,1H3. The van der Waals surface area contributed by atoms with Gasteiger partial charge < -0.3 is 4.74 Å². The van der Waals surface area contributed by atoms with E-state index in [9.17, 15) is 14.9 Å². The molecule has 0 aliphatic heterocycles. The molecular weight excluding hydrogens is 288 g/mol. The van der Waals surface area contributed by atoms with Gasteiger partial charge in [0, 0.05) is 12.1 Å². The third kappa shape index (κ3) is 3.42. The van der Waals surface area contributed by atoms with Gasteiger partial charge in [0.25, 0.3) is 5.69 Å². The summed E-state index contributed by atoms with van der Waals surface area (Å²) in [5.74, 6) is -0.104. The zero-order chi connectivity index (χ0) is 13.8. The number of fused-ring (bicyclic) bond motifs is 1. The van der Waals surface area contributed by atoms with E-state index in [1.165, 1.54) is 35.2 Å². The van der Waals surface area contributed by atoms with Gasteiger partial charge >= 0.3 is 5.97 Å². The van der Waals surface area contributed by atoms with Gasteiger partial charge in [-0.25, -0.2) is 4.98 Å². The molecule has 0 unspecified atom stereocenters. The molecule has 2 rings (SSSR count). The van der Waals surface area contributed by atoms with Crippen LogP contribution in [-0.2, 0) is 9.53 Å². The molecule has 0 amide bonds. The van der Waals surface area contributed by atoms with Crippen LogP contribution in [0.15, 0.2) is 22.5 Å². The van der Waals surface area contributed by atoms with Crippen molar-refractivity contribution >= 4 is 45.0 Å². The third-order valence-electron chi connectivity index (χ3n) is 2.18. The minimum Gasteiger partial charge on any atom is -0.465 e. The maximum Gasteiger partial charge on any atom is 0.316 e. The van der Waals surface area contributed by atoms with Gasteiger partial charge in [-0.3, -0.25) is 14.9 Å². The van der Waals surface area contributed by atoms with E-state index in [0.717, 1.165) is 4.70 Å². The summed E-state index contributed by atoms with van der Waals surface area (Å²) in [4.78, 5) is 25.7. The van der Waals surface area contributed by atoms with Gasteiger partial charge in [0.05, 0.1) is 27.5 Å². The van der Waals surface area contributed by atoms with Crippen molar-refractivity contribution in [1.82, 2.24) is 4.98 Å². The van der Waals surface area contributed by atoms with Crippen LogP contribution >= 0.6 is 23.1 Å². The van der Waals surface area contributed by atoms with E-state index in [1.807, 2.05) is 0 Å². The molecule has 0 bridgehead atoms. The summed E-state index contributed by atoms with van der Waals surface area (Å²) in [5.41, 5.74) is 0.736. The normalized spacial score (nSPS) is 10.6. The maximum atomic E-state index is 11.2. The van der Waals surface area contributed by atoms with Crippen molar-refractivity contribution in [2.45, 2.75) is 11.3 Å². The lowest BCUT2D eigenvalue weighted by atomic mass is 10.3. The molecule has 8 heteroatoms. The molecule has 0 radical (unpaired) electrons. The fraction of sp³-hybridized carbons (Fsp3) is 0.273. The number of ether oxygens (including phenoxy) is 1. The van der Waals surface area contributed by atoms with Crippen LogP contribution in [0, 0.1) is 10.1 Å². The van der Waals surface area contributed by atoms with E-state index >= 15 is 0 Å². The Morgan fingerprint density at radius 2 is 2.37 bits per heavy atom. The number of non-ortho nitro benzene ring substituents is 1. The van der Waals surface area contributed by atoms with Crippen molar-refractivity contribution in [3.8, 4) is 0 Å². The van der Waals surface area contributed by atoms with Crippen molar-refractivity contribution < 1.29 is 14.5 Å². The molecule has 0 N–H and O–H groups in total. The van der Waals surface area contributed by atoms with Gasteiger partial charge in [-0.15, -0.1) is 11.3 Å². The number of benzene rings is 1. The number of esters is 1. The van der Waals surface area contributed by atoms with Crippen LogP contribution in [0.1, 0.15) is 6.92 Å². The number of nitro groups is 1. The number of thiazole rings is 1. The number of hydrogen-bond acceptors (Lipinski definition) is 7. The highest BCUT2D eigenvalue weighted by molar-refractivity contribution is 8.01. The minimum atomic E-state index is -0.440. The lowest BCUT2D eigenvalue weighted by Crippen LogP contribution is -2.06. The first-order chi connectivity index (χ1) is 9.10. The number of hydrogen-bond donors (Lipinski definition) is 0. The van der Waals surface area contributed by atoms with Crippen molar-refractivity contribution in [2.24, 2.45) is 0 Å². The fourth-order valence-electron chi connectivity index (χ4n) is 1.39. The van der Waals surface area contributed by atoms with Gasteiger partial charge in [0.2, 0.25) is 0 Å². The largest absolute Gasteiger partial charge is 0.465 e. The van der Waals surface area contributed by atoms with E-state index in [1.54, 1.807) is 13.0 Å². The van der Waals surface area contributed by atoms with Crippen LogP contribution in [0.3, 0.4) is 0 Å². The molecule has 0 atom stereocenters. The molecule has 100 valence electrons. The van der Waals surface area contributed by atoms with E-state index in [0.29, 0.717) is 16.5 Å². The first-order valence-corrected chi connectivity index (χ1v) is 7.23. The molecule has 0 fully saturated rings. The lowest BCUT2D eigenvalue weighted by molar-refractivity contribution is -0.384. The molecule has 0 saturated carbocycles. The van der Waals surface area contributed by atoms with Crippen LogP contribution < -0.4 is 0 Å². The first-order valence-electron chi connectivity index (χ1n) is 5.43. The Morgan fingerprint density at radius 1 is 1.58 bits per heavy atom. The summed E-state index contributed by atoms with van der Waals surface area (Å²) in [5, 5.41) is 10.7. The number of thioether (sulfide) groups is 1. The number of rotatable bonds is 5. The Hall–Kier alpha value is -1.67. The number of nitrogens with zero attached hydrogens (tertiary/aromatic N) is 2. The number of nitro benzene ring substituents is 1. The van der Waals surface area contributed by atoms with Crippen LogP contribution in [0.5, 0.6) is 0 Å². The highest BCUT2D eigenvalue weighted by Crippen LogP contribution is 2.31. The summed E-state index contributed by atoms with van der Waals surface area (Å²) in [6.45, 7) is 2.10. The fourth-order valence-corrected chi connectivity index (χ4v) is 3.29. The molecule has 2 aromatic rings. The van der Waals surface area contributed by atoms with Crippen LogP contribution in [0.25, 0.3) is 10.2 Å². The van der Waals surface area contributed by atoms with E-state index in [4.69, 9.17) is 4.74 Å². The molecule has 1 aromatic heterocycles. The topological polar surface area (TPSA) is 82.3 Å². The van der Waals surface area contributed by atoms with Gasteiger partial charge in [0.15, 0.2) is 4.34 Å². The highest BCUT2D eigenvalue weighted by atomic mass is 32.2. The summed E-state index contributed by atoms with van der Waals surface area (Å²) in [7, 11) is 0. The SMILES string of the molecule is CCOC(=O)CSc1nc2ccc([N+](=O)[O-])cc2s1. The van der Waals surface area contributed by atoms with Crippen LogP contribution in [-0.4, -0.2) is 28.2 Å². The summed E-state index contributed by atoms with van der Waals surface area (Å²) in [6, 6.07) is 4.52. The summed E-state index contributed by atoms with van der Waals surface area (Å²) >= 11 is 2.60. The van der Waals surface area contributed by atoms with Crippen LogP contribution in [0.2, 0.25) is 0 Å². The molecule has 1 heterocycles. The second kappa shape index (κ2) is 5.98. The molecule has 1 aromatic carbocycles. The molecular formula is C11H10N2O4S2.